The lowest BCUT2D eigenvalue weighted by molar-refractivity contribution is 0.0000901. The van der Waals surface area contributed by atoms with Crippen LogP contribution >= 0.6 is 0 Å². The van der Waals surface area contributed by atoms with Gasteiger partial charge in [-0.15, -0.1) is 0 Å². The van der Waals surface area contributed by atoms with Gasteiger partial charge in [-0.3, -0.25) is 0 Å². The average Bonchev–Trinajstić information content (AvgIpc) is 2.67. The van der Waals surface area contributed by atoms with Gasteiger partial charge in [0, 0.05) is 11.5 Å². The molecule has 2 fully saturated rings. The zero-order chi connectivity index (χ0) is 18.9. The zero-order valence-corrected chi connectivity index (χ0v) is 16.5. The van der Waals surface area contributed by atoms with Gasteiger partial charge in [-0.1, -0.05) is 32.8 Å². The SMILES string of the molecule is CC(C)COC(=O)OCOc1ccc2c(c1)[C@@]13CCCC[C@H]1[C@@H](C2)NCC3. The molecule has 2 aliphatic carbocycles. The molecule has 0 spiro atoms. The second kappa shape index (κ2) is 7.70. The van der Waals surface area contributed by atoms with Crippen molar-refractivity contribution in [3.8, 4) is 5.75 Å². The van der Waals surface area contributed by atoms with Gasteiger partial charge in [0.25, 0.3) is 0 Å². The number of carbonyl (C=O) groups excluding carboxylic acids is 1. The van der Waals surface area contributed by atoms with Gasteiger partial charge in [-0.05, 0) is 67.3 Å². The van der Waals surface area contributed by atoms with E-state index in [0.29, 0.717) is 18.1 Å². The molecule has 0 amide bonds. The highest BCUT2D eigenvalue weighted by Gasteiger charge is 2.51. The number of ether oxygens (including phenoxy) is 3. The Hall–Kier alpha value is -1.75. The Kier molecular flexibility index (Phi) is 5.31. The van der Waals surface area contributed by atoms with Crippen molar-refractivity contribution in [2.75, 3.05) is 19.9 Å². The van der Waals surface area contributed by atoms with Crippen molar-refractivity contribution in [1.82, 2.24) is 5.32 Å². The summed E-state index contributed by atoms with van der Waals surface area (Å²) in [5.41, 5.74) is 3.23. The van der Waals surface area contributed by atoms with Gasteiger partial charge in [0.1, 0.15) is 5.75 Å². The topological polar surface area (TPSA) is 56.8 Å². The quantitative estimate of drug-likeness (QED) is 0.620. The summed E-state index contributed by atoms with van der Waals surface area (Å²) in [6, 6.07) is 7.03. The first-order valence-corrected chi connectivity index (χ1v) is 10.4. The van der Waals surface area contributed by atoms with E-state index in [2.05, 4.69) is 17.4 Å². The normalized spacial score (nSPS) is 28.9. The standard InChI is InChI=1S/C22H31NO4/c1-15(2)13-25-21(24)27-14-26-17-7-6-16-11-20-18-5-3-4-8-22(18,9-10-23-20)19(16)12-17/h6-7,12,15,18,20,23H,3-5,8-11,13-14H2,1-2H3/t18-,20+,22+/m0/s1. The van der Waals surface area contributed by atoms with Crippen molar-refractivity contribution >= 4 is 6.16 Å². The Morgan fingerprint density at radius 2 is 2.15 bits per heavy atom. The minimum Gasteiger partial charge on any atom is -0.457 e. The fourth-order valence-electron chi connectivity index (χ4n) is 5.42. The molecule has 1 aromatic carbocycles. The van der Waals surface area contributed by atoms with E-state index in [-0.39, 0.29) is 12.7 Å². The van der Waals surface area contributed by atoms with Crippen molar-refractivity contribution in [2.45, 2.75) is 63.8 Å². The molecule has 5 nitrogen and oxygen atoms in total. The second-order valence-electron chi connectivity index (χ2n) is 8.70. The maximum Gasteiger partial charge on any atom is 0.511 e. The molecule has 0 unspecified atom stereocenters. The van der Waals surface area contributed by atoms with Crippen molar-refractivity contribution in [1.29, 1.82) is 0 Å². The van der Waals surface area contributed by atoms with Crippen LogP contribution in [0, 0.1) is 11.8 Å². The first-order valence-electron chi connectivity index (χ1n) is 10.4. The number of piperidine rings is 1. The molecule has 1 saturated carbocycles. The molecule has 3 atom stereocenters. The third kappa shape index (κ3) is 3.66. The predicted molar refractivity (Wildman–Crippen MR) is 103 cm³/mol. The van der Waals surface area contributed by atoms with Gasteiger partial charge in [-0.25, -0.2) is 4.79 Å². The monoisotopic (exact) mass is 373 g/mol. The summed E-state index contributed by atoms with van der Waals surface area (Å²) in [6.07, 6.45) is 6.93. The molecular formula is C22H31NO4. The number of hydrogen-bond donors (Lipinski definition) is 1. The fourth-order valence-corrected chi connectivity index (χ4v) is 5.42. The number of nitrogens with one attached hydrogen (secondary N) is 1. The van der Waals surface area contributed by atoms with Crippen LogP contribution < -0.4 is 10.1 Å². The Bertz CT molecular complexity index is 685. The van der Waals surface area contributed by atoms with Gasteiger partial charge in [-0.2, -0.15) is 0 Å². The third-order valence-corrected chi connectivity index (χ3v) is 6.56. The minimum atomic E-state index is -0.672. The lowest BCUT2D eigenvalue weighted by atomic mass is 9.53. The lowest BCUT2D eigenvalue weighted by Crippen LogP contribution is -2.59. The highest BCUT2D eigenvalue weighted by atomic mass is 16.8. The first-order chi connectivity index (χ1) is 13.1. The molecule has 0 aromatic heterocycles. The first kappa shape index (κ1) is 18.6. The van der Waals surface area contributed by atoms with Crippen molar-refractivity contribution in [3.05, 3.63) is 29.3 Å². The van der Waals surface area contributed by atoms with Crippen molar-refractivity contribution in [3.63, 3.8) is 0 Å². The maximum atomic E-state index is 11.6. The molecule has 148 valence electrons. The fraction of sp³-hybridized carbons (Fsp3) is 0.682. The molecule has 1 aromatic rings. The van der Waals surface area contributed by atoms with Crippen molar-refractivity contribution < 1.29 is 19.0 Å². The van der Waals surface area contributed by atoms with Gasteiger partial charge in [0.15, 0.2) is 0 Å². The summed E-state index contributed by atoms with van der Waals surface area (Å²) >= 11 is 0. The number of benzene rings is 1. The average molecular weight is 373 g/mol. The summed E-state index contributed by atoms with van der Waals surface area (Å²) in [7, 11) is 0. The smallest absolute Gasteiger partial charge is 0.457 e. The molecule has 27 heavy (non-hydrogen) atoms. The Morgan fingerprint density at radius 1 is 1.26 bits per heavy atom. The summed E-state index contributed by atoms with van der Waals surface area (Å²) in [5.74, 6) is 1.81. The van der Waals surface area contributed by atoms with Gasteiger partial charge >= 0.3 is 6.16 Å². The second-order valence-corrected chi connectivity index (χ2v) is 8.70. The summed E-state index contributed by atoms with van der Waals surface area (Å²) in [5, 5.41) is 3.76. The zero-order valence-electron chi connectivity index (χ0n) is 16.5. The van der Waals surface area contributed by atoms with Crippen LogP contribution in [0.3, 0.4) is 0 Å². The Morgan fingerprint density at radius 3 is 3.00 bits per heavy atom. The molecule has 1 aliphatic heterocycles. The minimum absolute atomic E-state index is 0.115. The van der Waals surface area contributed by atoms with E-state index in [1.54, 1.807) is 0 Å². The molecule has 1 saturated heterocycles. The summed E-state index contributed by atoms with van der Waals surface area (Å²) in [6.45, 7) is 5.32. The van der Waals surface area contributed by atoms with Crippen LogP contribution in [0.2, 0.25) is 0 Å². The van der Waals surface area contributed by atoms with Crippen LogP contribution in [0.25, 0.3) is 0 Å². The van der Waals surface area contributed by atoms with Gasteiger partial charge in [0.2, 0.25) is 6.79 Å². The van der Waals surface area contributed by atoms with E-state index < -0.39 is 6.16 Å². The summed E-state index contributed by atoms with van der Waals surface area (Å²) in [4.78, 5) is 11.6. The number of fused-ring (bicyclic) bond motifs is 1. The van der Waals surface area contributed by atoms with Crippen LogP contribution in [0.4, 0.5) is 4.79 Å². The maximum absolute atomic E-state index is 11.6. The lowest BCUT2D eigenvalue weighted by Gasteiger charge is -2.56. The molecule has 0 radical (unpaired) electrons. The van der Waals surface area contributed by atoms with Crippen LogP contribution in [-0.4, -0.2) is 32.1 Å². The molecular weight excluding hydrogens is 342 g/mol. The molecule has 2 bridgehead atoms. The van der Waals surface area contributed by atoms with Crippen LogP contribution in [-0.2, 0) is 21.3 Å². The van der Waals surface area contributed by atoms with E-state index in [0.717, 1.165) is 24.6 Å². The molecule has 1 heterocycles. The van der Waals surface area contributed by atoms with E-state index in [4.69, 9.17) is 14.2 Å². The largest absolute Gasteiger partial charge is 0.511 e. The Balaban J connectivity index is 1.45. The molecule has 3 aliphatic rings. The van der Waals surface area contributed by atoms with E-state index >= 15 is 0 Å². The van der Waals surface area contributed by atoms with E-state index in [1.807, 2.05) is 19.9 Å². The van der Waals surface area contributed by atoms with Crippen LogP contribution in [0.15, 0.2) is 18.2 Å². The number of rotatable bonds is 5. The van der Waals surface area contributed by atoms with Crippen LogP contribution in [0.5, 0.6) is 5.75 Å². The molecule has 4 rings (SSSR count). The van der Waals surface area contributed by atoms with E-state index in [9.17, 15) is 4.79 Å². The molecule has 5 heteroatoms. The highest BCUT2D eigenvalue weighted by molar-refractivity contribution is 5.59. The van der Waals surface area contributed by atoms with Gasteiger partial charge < -0.3 is 19.5 Å². The highest BCUT2D eigenvalue weighted by Crippen LogP contribution is 2.54. The van der Waals surface area contributed by atoms with E-state index in [1.165, 1.54) is 43.2 Å². The third-order valence-electron chi connectivity index (χ3n) is 6.56. The summed E-state index contributed by atoms with van der Waals surface area (Å²) < 4.78 is 15.8. The Labute approximate surface area is 161 Å². The molecule has 1 N–H and O–H groups in total. The predicted octanol–water partition coefficient (Wildman–Crippen LogP) is 4.18. The number of carbonyl (C=O) groups is 1. The van der Waals surface area contributed by atoms with Crippen molar-refractivity contribution in [2.24, 2.45) is 11.8 Å². The van der Waals surface area contributed by atoms with Crippen LogP contribution in [0.1, 0.15) is 57.1 Å². The van der Waals surface area contributed by atoms with Gasteiger partial charge in [0.05, 0.1) is 6.61 Å². The number of hydrogen-bond acceptors (Lipinski definition) is 5.